The molecule has 2 nitrogen and oxygen atoms in total. The first-order valence-electron chi connectivity index (χ1n) is 3.30. The summed E-state index contributed by atoms with van der Waals surface area (Å²) >= 11 is 1.52. The van der Waals surface area contributed by atoms with Crippen LogP contribution in [0.1, 0.15) is 7.43 Å². The van der Waals surface area contributed by atoms with Gasteiger partial charge in [0.2, 0.25) is 0 Å². The molecule has 0 amide bonds. The second-order valence-electron chi connectivity index (χ2n) is 2.15. The first kappa shape index (κ1) is 9.13. The standard InChI is InChI=1S/C8H7NOS.CH4/c1-11-8-9-6-4-2-3-5-7(6)10-8;/h2-5H,1H3;1H4. The monoisotopic (exact) mass is 181 g/mol. The van der Waals surface area contributed by atoms with Gasteiger partial charge in [0, 0.05) is 0 Å². The molecule has 2 aromatic rings. The average molecular weight is 181 g/mol. The van der Waals surface area contributed by atoms with E-state index in [0.717, 1.165) is 16.3 Å². The van der Waals surface area contributed by atoms with Gasteiger partial charge < -0.3 is 4.42 Å². The maximum absolute atomic E-state index is 5.37. The molecular formula is C9H11NOS. The van der Waals surface area contributed by atoms with E-state index in [2.05, 4.69) is 4.98 Å². The highest BCUT2D eigenvalue weighted by atomic mass is 32.2. The Hall–Kier alpha value is -0.960. The fourth-order valence-electron chi connectivity index (χ4n) is 0.938. The lowest BCUT2D eigenvalue weighted by Crippen LogP contribution is -1.65. The van der Waals surface area contributed by atoms with Crippen LogP contribution in [0.4, 0.5) is 0 Å². The van der Waals surface area contributed by atoms with E-state index in [9.17, 15) is 0 Å². The van der Waals surface area contributed by atoms with Crippen LogP contribution in [-0.2, 0) is 0 Å². The van der Waals surface area contributed by atoms with E-state index in [1.807, 2.05) is 30.5 Å². The molecule has 1 aromatic heterocycles. The Kier molecular flexibility index (Phi) is 2.76. The van der Waals surface area contributed by atoms with Gasteiger partial charge in [-0.25, -0.2) is 4.98 Å². The number of thioether (sulfide) groups is 1. The molecule has 1 heterocycles. The van der Waals surface area contributed by atoms with Gasteiger partial charge in [0.1, 0.15) is 5.52 Å². The molecule has 0 aliphatic heterocycles. The third-order valence-corrected chi connectivity index (χ3v) is 1.97. The number of nitrogens with zero attached hydrogens (tertiary/aromatic N) is 1. The van der Waals surface area contributed by atoms with Gasteiger partial charge in [-0.3, -0.25) is 0 Å². The van der Waals surface area contributed by atoms with Crippen LogP contribution in [0.25, 0.3) is 11.1 Å². The third kappa shape index (κ3) is 1.46. The molecule has 0 saturated carbocycles. The summed E-state index contributed by atoms with van der Waals surface area (Å²) < 4.78 is 5.37. The summed E-state index contributed by atoms with van der Waals surface area (Å²) in [6, 6.07) is 7.76. The van der Waals surface area contributed by atoms with Crippen molar-refractivity contribution in [2.24, 2.45) is 0 Å². The lowest BCUT2D eigenvalue weighted by molar-refractivity contribution is 0.490. The van der Waals surface area contributed by atoms with Crippen molar-refractivity contribution < 1.29 is 4.42 Å². The summed E-state index contributed by atoms with van der Waals surface area (Å²) in [5, 5.41) is 0.728. The highest BCUT2D eigenvalue weighted by Gasteiger charge is 2.01. The van der Waals surface area contributed by atoms with E-state index in [0.29, 0.717) is 0 Å². The normalized spacial score (nSPS) is 9.75. The van der Waals surface area contributed by atoms with Crippen molar-refractivity contribution in [3.63, 3.8) is 0 Å². The molecule has 0 atom stereocenters. The summed E-state index contributed by atoms with van der Waals surface area (Å²) in [5.74, 6) is 0. The van der Waals surface area contributed by atoms with Crippen LogP contribution in [0.3, 0.4) is 0 Å². The molecule has 0 aliphatic rings. The Morgan fingerprint density at radius 3 is 2.75 bits per heavy atom. The molecule has 64 valence electrons. The van der Waals surface area contributed by atoms with Gasteiger partial charge in [0.05, 0.1) is 0 Å². The molecule has 2 rings (SSSR count). The predicted molar refractivity (Wildman–Crippen MR) is 52.5 cm³/mol. The predicted octanol–water partition coefficient (Wildman–Crippen LogP) is 3.19. The van der Waals surface area contributed by atoms with Crippen LogP contribution in [0.5, 0.6) is 0 Å². The maximum Gasteiger partial charge on any atom is 0.256 e. The van der Waals surface area contributed by atoms with Gasteiger partial charge in [0.25, 0.3) is 5.22 Å². The van der Waals surface area contributed by atoms with Gasteiger partial charge in [-0.1, -0.05) is 31.3 Å². The molecule has 0 unspecified atom stereocenters. The van der Waals surface area contributed by atoms with Gasteiger partial charge >= 0.3 is 0 Å². The number of benzene rings is 1. The number of aromatic nitrogens is 1. The molecule has 0 N–H and O–H groups in total. The molecular weight excluding hydrogens is 170 g/mol. The second-order valence-corrected chi connectivity index (χ2v) is 2.91. The fourth-order valence-corrected chi connectivity index (χ4v) is 1.30. The minimum atomic E-state index is 0. The van der Waals surface area contributed by atoms with E-state index < -0.39 is 0 Å². The number of rotatable bonds is 1. The van der Waals surface area contributed by atoms with E-state index in [1.54, 1.807) is 0 Å². The lowest BCUT2D eigenvalue weighted by Gasteiger charge is -1.80. The van der Waals surface area contributed by atoms with Crippen molar-refractivity contribution in [1.82, 2.24) is 4.98 Å². The Labute approximate surface area is 76.0 Å². The topological polar surface area (TPSA) is 26.0 Å². The molecule has 12 heavy (non-hydrogen) atoms. The van der Waals surface area contributed by atoms with Gasteiger partial charge in [0.15, 0.2) is 5.58 Å². The summed E-state index contributed by atoms with van der Waals surface area (Å²) in [6.07, 6.45) is 1.95. The SMILES string of the molecule is C.CSc1nc2ccccc2o1. The molecule has 0 saturated heterocycles. The molecule has 3 heteroatoms. The molecule has 0 bridgehead atoms. The van der Waals surface area contributed by atoms with E-state index in [1.165, 1.54) is 11.8 Å². The molecule has 0 aliphatic carbocycles. The smallest absolute Gasteiger partial charge is 0.256 e. The van der Waals surface area contributed by atoms with Gasteiger partial charge in [-0.2, -0.15) is 0 Å². The largest absolute Gasteiger partial charge is 0.431 e. The number of hydrogen-bond donors (Lipinski definition) is 0. The van der Waals surface area contributed by atoms with Gasteiger partial charge in [-0.15, -0.1) is 0 Å². The fraction of sp³-hybridized carbons (Fsp3) is 0.222. The van der Waals surface area contributed by atoms with E-state index in [4.69, 9.17) is 4.42 Å². The Bertz CT molecular complexity index is 336. The van der Waals surface area contributed by atoms with Crippen LogP contribution in [0.2, 0.25) is 0 Å². The summed E-state index contributed by atoms with van der Waals surface area (Å²) in [7, 11) is 0. The zero-order valence-corrected chi connectivity index (χ0v) is 6.89. The summed E-state index contributed by atoms with van der Waals surface area (Å²) in [4.78, 5) is 4.23. The molecule has 1 aromatic carbocycles. The first-order chi connectivity index (χ1) is 5.40. The van der Waals surface area contributed by atoms with Crippen molar-refractivity contribution in [3.05, 3.63) is 24.3 Å². The number of para-hydroxylation sites is 2. The van der Waals surface area contributed by atoms with Crippen LogP contribution >= 0.6 is 11.8 Å². The Morgan fingerprint density at radius 2 is 2.08 bits per heavy atom. The first-order valence-corrected chi connectivity index (χ1v) is 4.52. The molecule has 0 fully saturated rings. The number of oxazole rings is 1. The second kappa shape index (κ2) is 3.63. The summed E-state index contributed by atoms with van der Waals surface area (Å²) in [6.45, 7) is 0. The zero-order valence-electron chi connectivity index (χ0n) is 6.07. The van der Waals surface area contributed by atoms with Crippen LogP contribution in [-0.4, -0.2) is 11.2 Å². The zero-order chi connectivity index (χ0) is 7.68. The highest BCUT2D eigenvalue weighted by Crippen LogP contribution is 2.20. The van der Waals surface area contributed by atoms with Crippen LogP contribution in [0.15, 0.2) is 33.9 Å². The Balaban J connectivity index is 0.000000720. The quantitative estimate of drug-likeness (QED) is 0.632. The molecule has 0 spiro atoms. The lowest BCUT2D eigenvalue weighted by atomic mass is 10.3. The summed E-state index contributed by atoms with van der Waals surface area (Å²) in [5.41, 5.74) is 1.79. The van der Waals surface area contributed by atoms with Gasteiger partial charge in [-0.05, 0) is 18.4 Å². The minimum absolute atomic E-state index is 0. The van der Waals surface area contributed by atoms with E-state index >= 15 is 0 Å². The highest BCUT2D eigenvalue weighted by molar-refractivity contribution is 7.98. The van der Waals surface area contributed by atoms with Crippen molar-refractivity contribution in [3.8, 4) is 0 Å². The van der Waals surface area contributed by atoms with E-state index in [-0.39, 0.29) is 7.43 Å². The minimum Gasteiger partial charge on any atom is -0.431 e. The number of fused-ring (bicyclic) bond motifs is 1. The average Bonchev–Trinajstić information content (AvgIpc) is 2.46. The third-order valence-electron chi connectivity index (χ3n) is 1.45. The van der Waals surface area contributed by atoms with Crippen molar-refractivity contribution in [2.75, 3.05) is 6.26 Å². The van der Waals surface area contributed by atoms with Crippen LogP contribution in [0, 0.1) is 0 Å². The van der Waals surface area contributed by atoms with Crippen molar-refractivity contribution in [1.29, 1.82) is 0 Å². The number of hydrogen-bond acceptors (Lipinski definition) is 3. The van der Waals surface area contributed by atoms with Crippen LogP contribution < -0.4 is 0 Å². The molecule has 0 radical (unpaired) electrons. The Morgan fingerprint density at radius 1 is 1.33 bits per heavy atom. The maximum atomic E-state index is 5.37. The van der Waals surface area contributed by atoms with Crippen molar-refractivity contribution >= 4 is 22.9 Å². The van der Waals surface area contributed by atoms with Crippen molar-refractivity contribution in [2.45, 2.75) is 12.6 Å².